The largest absolute Gasteiger partial charge is 0.476 e. The molecule has 0 spiro atoms. The molecule has 0 aliphatic heterocycles. The van der Waals surface area contributed by atoms with Gasteiger partial charge in [-0.05, 0) is 24.6 Å². The average molecular weight is 361 g/mol. The van der Waals surface area contributed by atoms with Crippen LogP contribution in [0, 0.1) is 0 Å². The molecule has 2 amide bonds. The molecule has 0 radical (unpaired) electrons. The van der Waals surface area contributed by atoms with Gasteiger partial charge >= 0.3 is 5.97 Å². The number of hydrogen-bond acceptors (Lipinski definition) is 5. The highest BCUT2D eigenvalue weighted by Crippen LogP contribution is 2.10. The zero-order chi connectivity index (χ0) is 18.2. The fourth-order valence-electron chi connectivity index (χ4n) is 2.05. The molecule has 0 bridgehead atoms. The van der Waals surface area contributed by atoms with Gasteiger partial charge in [-0.15, -0.1) is 11.3 Å². The molecule has 0 fully saturated rings. The molecule has 8 heteroatoms. The van der Waals surface area contributed by atoms with Crippen LogP contribution >= 0.6 is 11.3 Å². The summed E-state index contributed by atoms with van der Waals surface area (Å²) in [5, 5.41) is 16.5. The summed E-state index contributed by atoms with van der Waals surface area (Å²) in [5.41, 5.74) is 0.846. The Morgan fingerprint density at radius 2 is 1.76 bits per heavy atom. The lowest BCUT2D eigenvalue weighted by Gasteiger charge is -2.07. The molecule has 0 aliphatic carbocycles. The second-order valence-electron chi connectivity index (χ2n) is 5.27. The average Bonchev–Trinajstić information content (AvgIpc) is 3.09. The van der Waals surface area contributed by atoms with Gasteiger partial charge in [0.05, 0.1) is 5.01 Å². The molecule has 0 atom stereocenters. The van der Waals surface area contributed by atoms with Crippen LogP contribution < -0.4 is 10.6 Å². The molecule has 0 unspecified atom stereocenters. The molecule has 0 saturated carbocycles. The monoisotopic (exact) mass is 361 g/mol. The highest BCUT2D eigenvalue weighted by atomic mass is 32.1. The smallest absolute Gasteiger partial charge is 0.355 e. The maximum atomic E-state index is 12.2. The molecule has 3 N–H and O–H groups in total. The van der Waals surface area contributed by atoms with E-state index in [-0.39, 0.29) is 17.5 Å². The Bertz CT molecular complexity index is 773. The molecule has 0 aliphatic rings. The van der Waals surface area contributed by atoms with Crippen LogP contribution in [0.4, 0.5) is 0 Å². The normalized spacial score (nSPS) is 10.3. The van der Waals surface area contributed by atoms with Crippen molar-refractivity contribution in [3.8, 4) is 0 Å². The van der Waals surface area contributed by atoms with Crippen molar-refractivity contribution in [2.75, 3.05) is 13.1 Å². The number of nitrogens with one attached hydrogen (secondary N) is 2. The van der Waals surface area contributed by atoms with E-state index < -0.39 is 5.97 Å². The number of thiazole rings is 1. The van der Waals surface area contributed by atoms with Crippen molar-refractivity contribution in [2.45, 2.75) is 19.8 Å². The van der Waals surface area contributed by atoms with Crippen molar-refractivity contribution in [1.82, 2.24) is 15.6 Å². The number of amides is 2. The third kappa shape index (κ3) is 5.39. The zero-order valence-electron chi connectivity index (χ0n) is 13.7. The first-order chi connectivity index (χ1) is 12.0. The molecule has 0 saturated heterocycles. The lowest BCUT2D eigenvalue weighted by molar-refractivity contribution is 0.0690. The first-order valence-corrected chi connectivity index (χ1v) is 8.73. The molecule has 7 nitrogen and oxygen atoms in total. The molecular formula is C17H19N3O4S. The van der Waals surface area contributed by atoms with Gasteiger partial charge in [0, 0.05) is 36.0 Å². The van der Waals surface area contributed by atoms with Gasteiger partial charge in [-0.3, -0.25) is 9.59 Å². The number of carbonyl (C=O) groups excluding carboxylic acids is 2. The minimum atomic E-state index is -1.07. The van der Waals surface area contributed by atoms with Gasteiger partial charge in [-0.1, -0.05) is 13.0 Å². The third-order valence-corrected chi connectivity index (χ3v) is 4.23. The van der Waals surface area contributed by atoms with E-state index in [1.807, 2.05) is 6.92 Å². The van der Waals surface area contributed by atoms with Crippen LogP contribution in [0.2, 0.25) is 0 Å². The Kier molecular flexibility index (Phi) is 6.64. The van der Waals surface area contributed by atoms with Crippen molar-refractivity contribution in [3.63, 3.8) is 0 Å². The van der Waals surface area contributed by atoms with Gasteiger partial charge in [-0.25, -0.2) is 9.78 Å². The van der Waals surface area contributed by atoms with E-state index in [4.69, 9.17) is 5.11 Å². The summed E-state index contributed by atoms with van der Waals surface area (Å²) in [7, 11) is 0. The van der Waals surface area contributed by atoms with Crippen LogP contribution in [0.5, 0.6) is 0 Å². The summed E-state index contributed by atoms with van der Waals surface area (Å²) in [6.45, 7) is 2.88. The Morgan fingerprint density at radius 3 is 2.32 bits per heavy atom. The highest BCUT2D eigenvalue weighted by Gasteiger charge is 2.11. The number of hydrogen-bond donors (Lipinski definition) is 3. The topological polar surface area (TPSA) is 108 Å². The standard InChI is InChI=1S/C17H19N3O4S/c1-2-7-18-15(21)11-4-3-5-12(9-11)16(22)19-8-6-14-20-13(10-25-14)17(23)24/h3-5,9-10H,2,6-8H2,1H3,(H,18,21)(H,19,22)(H,23,24). The summed E-state index contributed by atoms with van der Waals surface area (Å²) < 4.78 is 0. The number of carbonyl (C=O) groups is 3. The van der Waals surface area contributed by atoms with Crippen LogP contribution in [0.3, 0.4) is 0 Å². The van der Waals surface area contributed by atoms with Crippen molar-refractivity contribution in [2.24, 2.45) is 0 Å². The minimum Gasteiger partial charge on any atom is -0.476 e. The predicted molar refractivity (Wildman–Crippen MR) is 94.2 cm³/mol. The predicted octanol–water partition coefficient (Wildman–Crippen LogP) is 1.95. The van der Waals surface area contributed by atoms with E-state index in [1.165, 1.54) is 16.7 Å². The molecular weight excluding hydrogens is 342 g/mol. The van der Waals surface area contributed by atoms with Gasteiger partial charge in [0.25, 0.3) is 11.8 Å². The maximum Gasteiger partial charge on any atom is 0.355 e. The summed E-state index contributed by atoms with van der Waals surface area (Å²) in [5.74, 6) is -1.56. The molecule has 1 aromatic heterocycles. The van der Waals surface area contributed by atoms with Crippen molar-refractivity contribution < 1.29 is 19.5 Å². The number of nitrogens with zero attached hydrogens (tertiary/aromatic N) is 1. The number of aromatic carboxylic acids is 1. The number of carboxylic acid groups (broad SMARTS) is 1. The maximum absolute atomic E-state index is 12.2. The van der Waals surface area contributed by atoms with E-state index in [2.05, 4.69) is 15.6 Å². The van der Waals surface area contributed by atoms with Gasteiger partial charge in [0.15, 0.2) is 5.69 Å². The quantitative estimate of drug-likeness (QED) is 0.666. The molecule has 2 rings (SSSR count). The first-order valence-electron chi connectivity index (χ1n) is 7.85. The summed E-state index contributed by atoms with van der Waals surface area (Å²) in [6.07, 6.45) is 1.28. The Hall–Kier alpha value is -2.74. The van der Waals surface area contributed by atoms with Gasteiger partial charge in [0.1, 0.15) is 0 Å². The number of aromatic nitrogens is 1. The van der Waals surface area contributed by atoms with Crippen molar-refractivity contribution >= 4 is 29.1 Å². The Labute approximate surface area is 149 Å². The lowest BCUT2D eigenvalue weighted by Crippen LogP contribution is -2.27. The molecule has 25 heavy (non-hydrogen) atoms. The Balaban J connectivity index is 1.89. The molecule has 1 aromatic carbocycles. The second-order valence-corrected chi connectivity index (χ2v) is 6.22. The summed E-state index contributed by atoms with van der Waals surface area (Å²) >= 11 is 1.24. The van der Waals surface area contributed by atoms with E-state index in [0.717, 1.165) is 6.42 Å². The van der Waals surface area contributed by atoms with E-state index in [0.29, 0.717) is 35.6 Å². The van der Waals surface area contributed by atoms with Crippen LogP contribution in [0.1, 0.15) is 49.6 Å². The van der Waals surface area contributed by atoms with Crippen molar-refractivity contribution in [1.29, 1.82) is 0 Å². The number of benzene rings is 1. The van der Waals surface area contributed by atoms with Crippen LogP contribution in [-0.4, -0.2) is 41.0 Å². The van der Waals surface area contributed by atoms with Crippen LogP contribution in [-0.2, 0) is 6.42 Å². The third-order valence-electron chi connectivity index (χ3n) is 3.32. The van der Waals surface area contributed by atoms with Crippen LogP contribution in [0.15, 0.2) is 29.6 Å². The van der Waals surface area contributed by atoms with E-state index >= 15 is 0 Å². The fourth-order valence-corrected chi connectivity index (χ4v) is 2.82. The van der Waals surface area contributed by atoms with Gasteiger partial charge in [0.2, 0.25) is 0 Å². The minimum absolute atomic E-state index is 0.0112. The number of carboxylic acids is 1. The van der Waals surface area contributed by atoms with E-state index in [1.54, 1.807) is 24.3 Å². The second kappa shape index (κ2) is 8.93. The molecule has 132 valence electrons. The number of rotatable bonds is 8. The van der Waals surface area contributed by atoms with Gasteiger partial charge in [-0.2, -0.15) is 0 Å². The van der Waals surface area contributed by atoms with Crippen LogP contribution in [0.25, 0.3) is 0 Å². The van der Waals surface area contributed by atoms with Gasteiger partial charge < -0.3 is 15.7 Å². The van der Waals surface area contributed by atoms with Crippen molar-refractivity contribution in [3.05, 3.63) is 51.5 Å². The highest BCUT2D eigenvalue weighted by molar-refractivity contribution is 7.09. The SMILES string of the molecule is CCCNC(=O)c1cccc(C(=O)NCCc2nc(C(=O)O)cs2)c1. The fraction of sp³-hybridized carbons (Fsp3) is 0.294. The zero-order valence-corrected chi connectivity index (χ0v) is 14.6. The summed E-state index contributed by atoms with van der Waals surface area (Å²) in [4.78, 5) is 38.9. The molecule has 2 aromatic rings. The molecule has 1 heterocycles. The Morgan fingerprint density at radius 1 is 1.12 bits per heavy atom. The lowest BCUT2D eigenvalue weighted by atomic mass is 10.1. The van der Waals surface area contributed by atoms with E-state index in [9.17, 15) is 14.4 Å². The first kappa shape index (κ1) is 18.6. The summed E-state index contributed by atoms with van der Waals surface area (Å²) in [6, 6.07) is 6.50.